The molecule has 0 saturated carbocycles. The number of carbonyl (C=O) groups excluding carboxylic acids is 2. The first-order chi connectivity index (χ1) is 10.5. The zero-order chi connectivity index (χ0) is 16.1. The first-order valence-electron chi connectivity index (χ1n) is 7.39. The highest BCUT2D eigenvalue weighted by molar-refractivity contribution is 5.90. The second-order valence-electron chi connectivity index (χ2n) is 5.46. The largest absolute Gasteiger partial charge is 0.365 e. The van der Waals surface area contributed by atoms with Crippen molar-refractivity contribution in [2.45, 2.75) is 31.8 Å². The van der Waals surface area contributed by atoms with E-state index in [9.17, 15) is 9.59 Å². The molecule has 7 nitrogen and oxygen atoms in total. The van der Waals surface area contributed by atoms with Gasteiger partial charge in [-0.05, 0) is 25.8 Å². The lowest BCUT2D eigenvalue weighted by atomic mass is 9.94. The van der Waals surface area contributed by atoms with Crippen LogP contribution in [0.25, 0.3) is 0 Å². The number of hydrogen-bond acceptors (Lipinski definition) is 4. The number of ether oxygens (including phenoxy) is 1. The lowest BCUT2D eigenvalue weighted by molar-refractivity contribution is -0.143. The molecule has 1 aromatic heterocycles. The standard InChI is InChI=1S/C15H22N4O3/c1-3-7-22-10(2)15(21)19-6-4-5-11(9-19)12-8-13(14(16)20)18-17-12/h3,8,10-11H,1,4-7,9H2,2H3,(H2,16,20)(H,17,18)/t10-,11-/m1/s1. The molecule has 2 heterocycles. The van der Waals surface area contributed by atoms with Gasteiger partial charge in [0.25, 0.3) is 11.8 Å². The number of primary amides is 1. The average molecular weight is 306 g/mol. The highest BCUT2D eigenvalue weighted by Crippen LogP contribution is 2.26. The summed E-state index contributed by atoms with van der Waals surface area (Å²) in [6.07, 6.45) is 2.97. The molecule has 0 aliphatic carbocycles. The number of nitrogens with zero attached hydrogens (tertiary/aromatic N) is 2. The molecule has 0 spiro atoms. The summed E-state index contributed by atoms with van der Waals surface area (Å²) in [5, 5.41) is 6.74. The Kier molecular flexibility index (Phi) is 5.32. The molecule has 0 unspecified atom stereocenters. The number of rotatable bonds is 6. The van der Waals surface area contributed by atoms with Gasteiger partial charge in [-0.3, -0.25) is 14.7 Å². The minimum Gasteiger partial charge on any atom is -0.365 e. The van der Waals surface area contributed by atoms with Crippen molar-refractivity contribution < 1.29 is 14.3 Å². The first-order valence-corrected chi connectivity index (χ1v) is 7.39. The molecule has 2 atom stereocenters. The molecule has 1 aliphatic rings. The Morgan fingerprint density at radius 3 is 3.09 bits per heavy atom. The summed E-state index contributed by atoms with van der Waals surface area (Å²) in [5.41, 5.74) is 6.27. The second-order valence-corrected chi connectivity index (χ2v) is 5.46. The monoisotopic (exact) mass is 306 g/mol. The van der Waals surface area contributed by atoms with Crippen molar-refractivity contribution in [2.24, 2.45) is 5.73 Å². The van der Waals surface area contributed by atoms with Crippen LogP contribution in [0.15, 0.2) is 18.7 Å². The Bertz CT molecular complexity index is 555. The lowest BCUT2D eigenvalue weighted by Crippen LogP contribution is -2.44. The summed E-state index contributed by atoms with van der Waals surface area (Å²) in [4.78, 5) is 25.3. The fourth-order valence-electron chi connectivity index (χ4n) is 2.64. The van der Waals surface area contributed by atoms with Gasteiger partial charge in [-0.25, -0.2) is 0 Å². The van der Waals surface area contributed by atoms with Crippen LogP contribution in [0.2, 0.25) is 0 Å². The van der Waals surface area contributed by atoms with Crippen LogP contribution in [0.4, 0.5) is 0 Å². The van der Waals surface area contributed by atoms with Gasteiger partial charge in [-0.2, -0.15) is 5.10 Å². The van der Waals surface area contributed by atoms with Crippen LogP contribution < -0.4 is 5.73 Å². The van der Waals surface area contributed by atoms with Gasteiger partial charge in [0, 0.05) is 24.7 Å². The minimum absolute atomic E-state index is 0.0267. The molecule has 0 aromatic carbocycles. The van der Waals surface area contributed by atoms with Crippen molar-refractivity contribution in [3.8, 4) is 0 Å². The van der Waals surface area contributed by atoms with Gasteiger partial charge >= 0.3 is 0 Å². The summed E-state index contributed by atoms with van der Waals surface area (Å²) in [6, 6.07) is 1.67. The van der Waals surface area contributed by atoms with Crippen molar-refractivity contribution in [1.82, 2.24) is 15.1 Å². The van der Waals surface area contributed by atoms with E-state index in [1.54, 1.807) is 24.0 Å². The molecule has 7 heteroatoms. The molecule has 1 aromatic rings. The number of amides is 2. The number of carbonyl (C=O) groups is 2. The second kappa shape index (κ2) is 7.22. The maximum Gasteiger partial charge on any atom is 0.269 e. The average Bonchev–Trinajstić information content (AvgIpc) is 3.02. The number of nitrogens with one attached hydrogen (secondary N) is 1. The third-order valence-electron chi connectivity index (χ3n) is 3.83. The molecule has 0 radical (unpaired) electrons. The highest BCUT2D eigenvalue weighted by Gasteiger charge is 2.29. The van der Waals surface area contributed by atoms with E-state index in [-0.39, 0.29) is 17.5 Å². The summed E-state index contributed by atoms with van der Waals surface area (Å²) in [7, 11) is 0. The van der Waals surface area contributed by atoms with Crippen LogP contribution in [-0.4, -0.2) is 52.7 Å². The van der Waals surface area contributed by atoms with Crippen molar-refractivity contribution >= 4 is 11.8 Å². The number of likely N-dealkylation sites (tertiary alicyclic amines) is 1. The number of H-pyrrole nitrogens is 1. The van der Waals surface area contributed by atoms with Gasteiger partial charge in [-0.15, -0.1) is 6.58 Å². The molecule has 2 amide bonds. The summed E-state index contributed by atoms with van der Waals surface area (Å²) < 4.78 is 5.39. The van der Waals surface area contributed by atoms with E-state index in [0.29, 0.717) is 19.7 Å². The maximum absolute atomic E-state index is 12.4. The van der Waals surface area contributed by atoms with Crippen molar-refractivity contribution in [1.29, 1.82) is 0 Å². The number of hydrogen-bond donors (Lipinski definition) is 2. The SMILES string of the molecule is C=CCO[C@H](C)C(=O)N1CCC[C@@H](c2cc(C(N)=O)n[nH]2)C1. The Morgan fingerprint density at radius 1 is 1.68 bits per heavy atom. The van der Waals surface area contributed by atoms with E-state index >= 15 is 0 Å². The first kappa shape index (κ1) is 16.2. The zero-order valence-corrected chi connectivity index (χ0v) is 12.7. The number of piperidine rings is 1. The van der Waals surface area contributed by atoms with Gasteiger partial charge in [0.1, 0.15) is 11.8 Å². The van der Waals surface area contributed by atoms with E-state index in [4.69, 9.17) is 10.5 Å². The van der Waals surface area contributed by atoms with Gasteiger partial charge in [0.15, 0.2) is 0 Å². The molecule has 1 fully saturated rings. The fourth-order valence-corrected chi connectivity index (χ4v) is 2.64. The quantitative estimate of drug-likeness (QED) is 0.759. The number of nitrogens with two attached hydrogens (primary N) is 1. The maximum atomic E-state index is 12.4. The van der Waals surface area contributed by atoms with Gasteiger partial charge in [0.05, 0.1) is 6.61 Å². The Morgan fingerprint density at radius 2 is 2.45 bits per heavy atom. The summed E-state index contributed by atoms with van der Waals surface area (Å²) in [5.74, 6) is -0.455. The van der Waals surface area contributed by atoms with Gasteiger partial charge < -0.3 is 15.4 Å². The van der Waals surface area contributed by atoms with E-state index < -0.39 is 12.0 Å². The van der Waals surface area contributed by atoms with E-state index in [0.717, 1.165) is 18.5 Å². The highest BCUT2D eigenvalue weighted by atomic mass is 16.5. The lowest BCUT2D eigenvalue weighted by Gasteiger charge is -2.33. The number of aromatic nitrogens is 2. The van der Waals surface area contributed by atoms with E-state index in [1.165, 1.54) is 0 Å². The smallest absolute Gasteiger partial charge is 0.269 e. The van der Waals surface area contributed by atoms with Crippen LogP contribution in [0.5, 0.6) is 0 Å². The molecule has 2 rings (SSSR count). The van der Waals surface area contributed by atoms with Crippen molar-refractivity contribution in [3.63, 3.8) is 0 Å². The summed E-state index contributed by atoms with van der Waals surface area (Å²) >= 11 is 0. The minimum atomic E-state index is -0.558. The van der Waals surface area contributed by atoms with E-state index in [2.05, 4.69) is 16.8 Å². The molecule has 0 bridgehead atoms. The van der Waals surface area contributed by atoms with Crippen LogP contribution in [-0.2, 0) is 9.53 Å². The Hall–Kier alpha value is -2.15. The van der Waals surface area contributed by atoms with Gasteiger partial charge in [0.2, 0.25) is 0 Å². The van der Waals surface area contributed by atoms with Crippen molar-refractivity contribution in [3.05, 3.63) is 30.1 Å². The third kappa shape index (κ3) is 3.73. The Balaban J connectivity index is 2.00. The third-order valence-corrected chi connectivity index (χ3v) is 3.83. The van der Waals surface area contributed by atoms with E-state index in [1.807, 2.05) is 0 Å². The molecule has 1 aliphatic heterocycles. The molecule has 120 valence electrons. The topological polar surface area (TPSA) is 101 Å². The summed E-state index contributed by atoms with van der Waals surface area (Å²) in [6.45, 7) is 6.98. The van der Waals surface area contributed by atoms with Crippen LogP contribution in [0, 0.1) is 0 Å². The Labute approximate surface area is 129 Å². The molecule has 22 heavy (non-hydrogen) atoms. The van der Waals surface area contributed by atoms with Crippen LogP contribution >= 0.6 is 0 Å². The van der Waals surface area contributed by atoms with Crippen molar-refractivity contribution in [2.75, 3.05) is 19.7 Å². The predicted molar refractivity (Wildman–Crippen MR) is 81.3 cm³/mol. The number of aromatic amines is 1. The van der Waals surface area contributed by atoms with Crippen LogP contribution in [0.3, 0.4) is 0 Å². The molecule has 1 saturated heterocycles. The van der Waals surface area contributed by atoms with Gasteiger partial charge in [-0.1, -0.05) is 6.08 Å². The van der Waals surface area contributed by atoms with Crippen LogP contribution in [0.1, 0.15) is 41.9 Å². The molecular weight excluding hydrogens is 284 g/mol. The molecular formula is C15H22N4O3. The normalized spacial score (nSPS) is 19.7. The predicted octanol–water partition coefficient (Wildman–Crippen LogP) is 0.806. The zero-order valence-electron chi connectivity index (χ0n) is 12.7. The fraction of sp³-hybridized carbons (Fsp3) is 0.533. The molecule has 3 N–H and O–H groups in total.